The Labute approximate surface area is 96.3 Å². The Morgan fingerprint density at radius 3 is 2.94 bits per heavy atom. The molecule has 1 rings (SSSR count). The Kier molecular flexibility index (Phi) is 4.46. The average molecular weight is 216 g/mol. The van der Waals surface area contributed by atoms with E-state index < -0.39 is 0 Å². The van der Waals surface area contributed by atoms with E-state index in [2.05, 4.69) is 16.1 Å². The SMILES string of the molecule is CC1=C(C#N)C(N=CN(C)C)=NC=CCC1. The van der Waals surface area contributed by atoms with Crippen LogP contribution in [0.2, 0.25) is 0 Å². The summed E-state index contributed by atoms with van der Waals surface area (Å²) in [6.07, 6.45) is 7.16. The van der Waals surface area contributed by atoms with Crippen molar-refractivity contribution in [1.29, 1.82) is 5.26 Å². The number of nitriles is 1. The normalized spacial score (nSPS) is 16.8. The molecule has 0 saturated heterocycles. The number of allylic oxidation sites excluding steroid dienone is 2. The molecule has 4 nitrogen and oxygen atoms in total. The van der Waals surface area contributed by atoms with Crippen LogP contribution >= 0.6 is 0 Å². The minimum atomic E-state index is 0.490. The third-order valence-corrected chi connectivity index (χ3v) is 2.16. The second-order valence-corrected chi connectivity index (χ2v) is 3.85. The van der Waals surface area contributed by atoms with Crippen LogP contribution in [-0.4, -0.2) is 31.2 Å². The molecule has 0 aliphatic carbocycles. The van der Waals surface area contributed by atoms with Crippen molar-refractivity contribution >= 4 is 12.2 Å². The first kappa shape index (κ1) is 12.2. The molecule has 0 radical (unpaired) electrons. The molecule has 4 heteroatoms. The van der Waals surface area contributed by atoms with Crippen molar-refractivity contribution in [2.75, 3.05) is 14.1 Å². The summed E-state index contributed by atoms with van der Waals surface area (Å²) in [6, 6.07) is 2.18. The first-order valence-electron chi connectivity index (χ1n) is 5.18. The van der Waals surface area contributed by atoms with Gasteiger partial charge >= 0.3 is 0 Å². The highest BCUT2D eigenvalue weighted by molar-refractivity contribution is 6.06. The number of nitrogens with zero attached hydrogens (tertiary/aromatic N) is 4. The van der Waals surface area contributed by atoms with Crippen molar-refractivity contribution in [2.24, 2.45) is 9.98 Å². The molecule has 0 fully saturated rings. The van der Waals surface area contributed by atoms with Crippen LogP contribution in [0.3, 0.4) is 0 Å². The van der Waals surface area contributed by atoms with Gasteiger partial charge in [-0.25, -0.2) is 9.98 Å². The van der Waals surface area contributed by atoms with Gasteiger partial charge in [0.1, 0.15) is 6.07 Å². The van der Waals surface area contributed by atoms with Crippen molar-refractivity contribution in [2.45, 2.75) is 19.8 Å². The number of rotatable bonds is 1. The van der Waals surface area contributed by atoms with Crippen LogP contribution in [0.1, 0.15) is 19.8 Å². The van der Waals surface area contributed by atoms with Gasteiger partial charge in [-0.2, -0.15) is 5.26 Å². The number of amidine groups is 1. The molecule has 0 aromatic carbocycles. The summed E-state index contributed by atoms with van der Waals surface area (Å²) in [5, 5.41) is 9.11. The van der Waals surface area contributed by atoms with Crippen molar-refractivity contribution in [1.82, 2.24) is 4.90 Å². The van der Waals surface area contributed by atoms with E-state index in [1.807, 2.05) is 32.0 Å². The van der Waals surface area contributed by atoms with Gasteiger partial charge in [-0.1, -0.05) is 11.6 Å². The molecule has 84 valence electrons. The largest absolute Gasteiger partial charge is 0.369 e. The van der Waals surface area contributed by atoms with Gasteiger partial charge in [0.25, 0.3) is 0 Å². The Bertz CT molecular complexity index is 405. The highest BCUT2D eigenvalue weighted by Gasteiger charge is 2.09. The van der Waals surface area contributed by atoms with Crippen LogP contribution in [0, 0.1) is 11.3 Å². The fraction of sp³-hybridized carbons (Fsp3) is 0.417. The fourth-order valence-electron chi connectivity index (χ4n) is 1.29. The highest BCUT2D eigenvalue weighted by Crippen LogP contribution is 2.15. The van der Waals surface area contributed by atoms with E-state index in [-0.39, 0.29) is 0 Å². The van der Waals surface area contributed by atoms with Crippen LogP contribution < -0.4 is 0 Å². The van der Waals surface area contributed by atoms with Crippen molar-refractivity contribution < 1.29 is 0 Å². The molecule has 0 spiro atoms. The third-order valence-electron chi connectivity index (χ3n) is 2.16. The molecule has 0 bridgehead atoms. The lowest BCUT2D eigenvalue weighted by atomic mass is 10.0. The van der Waals surface area contributed by atoms with Gasteiger partial charge in [-0.3, -0.25) is 0 Å². The fourth-order valence-corrected chi connectivity index (χ4v) is 1.29. The van der Waals surface area contributed by atoms with Crippen molar-refractivity contribution in [3.05, 3.63) is 23.4 Å². The summed E-state index contributed by atoms with van der Waals surface area (Å²) in [7, 11) is 3.76. The number of hydrogen-bond acceptors (Lipinski definition) is 3. The summed E-state index contributed by atoms with van der Waals surface area (Å²) in [5.41, 5.74) is 1.63. The zero-order valence-corrected chi connectivity index (χ0v) is 9.94. The molecule has 0 aromatic heterocycles. The Morgan fingerprint density at radius 2 is 2.31 bits per heavy atom. The first-order valence-corrected chi connectivity index (χ1v) is 5.18. The lowest BCUT2D eigenvalue weighted by Gasteiger charge is -2.07. The summed E-state index contributed by atoms with van der Waals surface area (Å²) < 4.78 is 0. The van der Waals surface area contributed by atoms with Gasteiger partial charge in [0.15, 0.2) is 5.84 Å². The zero-order valence-electron chi connectivity index (χ0n) is 9.94. The van der Waals surface area contributed by atoms with Gasteiger partial charge in [0.05, 0.1) is 11.9 Å². The van der Waals surface area contributed by atoms with Crippen LogP contribution in [0.15, 0.2) is 33.4 Å². The van der Waals surface area contributed by atoms with Crippen molar-refractivity contribution in [3.8, 4) is 6.07 Å². The molecular formula is C12H16N4. The molecule has 1 aliphatic rings. The topological polar surface area (TPSA) is 51.8 Å². The van der Waals surface area contributed by atoms with Gasteiger partial charge in [0.2, 0.25) is 0 Å². The van der Waals surface area contributed by atoms with Crippen LogP contribution in [0.5, 0.6) is 0 Å². The predicted octanol–water partition coefficient (Wildman–Crippen LogP) is 2.12. The van der Waals surface area contributed by atoms with Gasteiger partial charge in [0, 0.05) is 20.3 Å². The van der Waals surface area contributed by atoms with E-state index in [1.165, 1.54) is 0 Å². The standard InChI is InChI=1S/C12H16N4/c1-10-6-4-5-7-14-12(11(10)8-13)15-9-16(2)3/h5,7,9H,4,6H2,1-3H3. The molecule has 0 aromatic rings. The predicted molar refractivity (Wildman–Crippen MR) is 66.3 cm³/mol. The third kappa shape index (κ3) is 3.35. The molecule has 16 heavy (non-hydrogen) atoms. The van der Waals surface area contributed by atoms with Gasteiger partial charge < -0.3 is 4.90 Å². The minimum Gasteiger partial charge on any atom is -0.369 e. The van der Waals surface area contributed by atoms with Crippen LogP contribution in [0.4, 0.5) is 0 Å². The average Bonchev–Trinajstić information content (AvgIpc) is 2.22. The van der Waals surface area contributed by atoms with Gasteiger partial charge in [-0.05, 0) is 19.8 Å². The van der Waals surface area contributed by atoms with Gasteiger partial charge in [-0.15, -0.1) is 0 Å². The maximum atomic E-state index is 9.11. The molecule has 0 amide bonds. The molecule has 0 unspecified atom stereocenters. The maximum Gasteiger partial charge on any atom is 0.171 e. The van der Waals surface area contributed by atoms with E-state index in [4.69, 9.17) is 5.26 Å². The minimum absolute atomic E-state index is 0.490. The summed E-state index contributed by atoms with van der Waals surface area (Å²) in [4.78, 5) is 10.2. The monoisotopic (exact) mass is 216 g/mol. The summed E-state index contributed by atoms with van der Waals surface area (Å²) >= 11 is 0. The highest BCUT2D eigenvalue weighted by atomic mass is 15.1. The zero-order chi connectivity index (χ0) is 12.0. The van der Waals surface area contributed by atoms with Crippen molar-refractivity contribution in [3.63, 3.8) is 0 Å². The van der Waals surface area contributed by atoms with E-state index in [9.17, 15) is 0 Å². The van der Waals surface area contributed by atoms with Crippen LogP contribution in [0.25, 0.3) is 0 Å². The summed E-state index contributed by atoms with van der Waals surface area (Å²) in [5.74, 6) is 0.490. The molecule has 1 heterocycles. The number of hydrogen-bond donors (Lipinski definition) is 0. The molecular weight excluding hydrogens is 200 g/mol. The Hall–Kier alpha value is -1.89. The Balaban J connectivity index is 3.09. The van der Waals surface area contributed by atoms with Crippen LogP contribution in [-0.2, 0) is 0 Å². The lowest BCUT2D eigenvalue weighted by Crippen LogP contribution is -2.11. The molecule has 0 atom stereocenters. The second kappa shape index (κ2) is 5.86. The van der Waals surface area contributed by atoms with E-state index in [1.54, 1.807) is 12.5 Å². The number of aliphatic imine (C=N–C) groups is 2. The molecule has 0 saturated carbocycles. The lowest BCUT2D eigenvalue weighted by molar-refractivity contribution is 0.644. The summed E-state index contributed by atoms with van der Waals surface area (Å²) in [6.45, 7) is 1.96. The van der Waals surface area contributed by atoms with E-state index in [0.717, 1.165) is 18.4 Å². The van der Waals surface area contributed by atoms with E-state index in [0.29, 0.717) is 11.4 Å². The quantitative estimate of drug-likeness (QED) is 0.498. The second-order valence-electron chi connectivity index (χ2n) is 3.85. The smallest absolute Gasteiger partial charge is 0.171 e. The molecule has 0 N–H and O–H groups in total. The Morgan fingerprint density at radius 1 is 1.56 bits per heavy atom. The van der Waals surface area contributed by atoms with E-state index >= 15 is 0 Å². The first-order chi connectivity index (χ1) is 7.65. The molecule has 1 aliphatic heterocycles. The maximum absolute atomic E-state index is 9.11.